The molecule has 1 amide bonds. The number of nitrogens with zero attached hydrogens (tertiary/aromatic N) is 1. The first-order chi connectivity index (χ1) is 9.94. The number of aromatic nitrogens is 1. The summed E-state index contributed by atoms with van der Waals surface area (Å²) in [4.78, 5) is 16.4. The predicted molar refractivity (Wildman–Crippen MR) is 80.9 cm³/mol. The van der Waals surface area contributed by atoms with Crippen LogP contribution in [-0.2, 0) is 9.84 Å². The summed E-state index contributed by atoms with van der Waals surface area (Å²) in [5.74, 6) is -0.575. The van der Waals surface area contributed by atoms with Gasteiger partial charge in [-0.15, -0.1) is 0 Å². The number of carbonyl (C=O) groups is 1. The van der Waals surface area contributed by atoms with Gasteiger partial charge >= 0.3 is 0 Å². The minimum Gasteiger partial charge on any atom is -0.343 e. The molecule has 21 heavy (non-hydrogen) atoms. The van der Waals surface area contributed by atoms with Gasteiger partial charge in [0.2, 0.25) is 0 Å². The number of hydrogen-bond acceptors (Lipinski definition) is 4. The van der Waals surface area contributed by atoms with E-state index in [-0.39, 0.29) is 11.4 Å². The van der Waals surface area contributed by atoms with Crippen molar-refractivity contribution in [3.05, 3.63) is 52.5 Å². The van der Waals surface area contributed by atoms with Crippen molar-refractivity contribution in [3.8, 4) is 0 Å². The number of para-hydroxylation sites is 1. The zero-order chi connectivity index (χ0) is 15.0. The monoisotopic (exact) mass is 322 g/mol. The Morgan fingerprint density at radius 2 is 2.10 bits per heavy atom. The van der Waals surface area contributed by atoms with Gasteiger partial charge < -0.3 is 5.32 Å². The van der Waals surface area contributed by atoms with Crippen molar-refractivity contribution in [2.75, 3.05) is 5.75 Å². The van der Waals surface area contributed by atoms with Gasteiger partial charge in [0.15, 0.2) is 9.84 Å². The molecule has 2 aromatic rings. The Bertz CT molecular complexity index is 862. The summed E-state index contributed by atoms with van der Waals surface area (Å²) < 4.78 is 22.6. The number of pyridine rings is 1. The molecule has 1 aliphatic rings. The molecule has 7 heteroatoms. The molecule has 5 nitrogen and oxygen atoms in total. The van der Waals surface area contributed by atoms with Crippen molar-refractivity contribution in [1.82, 2.24) is 10.3 Å². The lowest BCUT2D eigenvalue weighted by Gasteiger charge is -2.10. The third kappa shape index (κ3) is 2.91. The van der Waals surface area contributed by atoms with E-state index in [1.54, 1.807) is 12.1 Å². The number of amides is 1. The first-order valence-electron chi connectivity index (χ1n) is 6.22. The van der Waals surface area contributed by atoms with Crippen LogP contribution in [0.1, 0.15) is 10.5 Å². The van der Waals surface area contributed by atoms with Crippen LogP contribution in [0.3, 0.4) is 0 Å². The van der Waals surface area contributed by atoms with Crippen LogP contribution < -0.4 is 5.32 Å². The van der Waals surface area contributed by atoms with Crippen LogP contribution in [0.4, 0.5) is 0 Å². The lowest BCUT2D eigenvalue weighted by atomic mass is 10.2. The van der Waals surface area contributed by atoms with Crippen LogP contribution in [0.2, 0.25) is 5.02 Å². The Balaban J connectivity index is 1.87. The summed E-state index contributed by atoms with van der Waals surface area (Å²) in [6.07, 6.45) is 1.45. The third-order valence-electron chi connectivity index (χ3n) is 3.14. The lowest BCUT2D eigenvalue weighted by Crippen LogP contribution is -2.35. The lowest BCUT2D eigenvalue weighted by molar-refractivity contribution is 0.0943. The van der Waals surface area contributed by atoms with Gasteiger partial charge in [-0.1, -0.05) is 29.8 Å². The molecule has 0 bridgehead atoms. The third-order valence-corrected chi connectivity index (χ3v) is 4.85. The number of rotatable bonds is 2. The molecule has 0 saturated carbocycles. The van der Waals surface area contributed by atoms with E-state index in [2.05, 4.69) is 10.3 Å². The largest absolute Gasteiger partial charge is 0.343 e. The molecule has 1 N–H and O–H groups in total. The van der Waals surface area contributed by atoms with Crippen LogP contribution in [0, 0.1) is 0 Å². The zero-order valence-corrected chi connectivity index (χ0v) is 12.4. The van der Waals surface area contributed by atoms with E-state index in [1.165, 1.54) is 12.1 Å². The second kappa shape index (κ2) is 5.13. The Hall–Kier alpha value is -1.92. The van der Waals surface area contributed by atoms with Crippen molar-refractivity contribution >= 4 is 38.2 Å². The summed E-state index contributed by atoms with van der Waals surface area (Å²) in [5.41, 5.74) is 0.779. The minimum atomic E-state index is -3.21. The van der Waals surface area contributed by atoms with Crippen LogP contribution in [0.5, 0.6) is 0 Å². The summed E-state index contributed by atoms with van der Waals surface area (Å²) in [6.45, 7) is 0. The number of sulfone groups is 1. The number of nitrogens with one attached hydrogen (secondary N) is 1. The van der Waals surface area contributed by atoms with E-state index in [0.717, 1.165) is 10.8 Å². The maximum atomic E-state index is 12.1. The highest BCUT2D eigenvalue weighted by Gasteiger charge is 2.24. The van der Waals surface area contributed by atoms with E-state index in [4.69, 9.17) is 11.6 Å². The van der Waals surface area contributed by atoms with E-state index >= 15 is 0 Å². The fourth-order valence-electron chi connectivity index (χ4n) is 2.16. The molecule has 1 aromatic carbocycles. The van der Waals surface area contributed by atoms with Crippen LogP contribution in [0.15, 0.2) is 41.8 Å². The van der Waals surface area contributed by atoms with Crippen molar-refractivity contribution in [3.63, 3.8) is 0 Å². The van der Waals surface area contributed by atoms with Gasteiger partial charge in [0, 0.05) is 10.8 Å². The normalized spacial score (nSPS) is 19.8. The van der Waals surface area contributed by atoms with E-state index in [1.807, 2.05) is 12.1 Å². The molecule has 0 saturated heterocycles. The average Bonchev–Trinajstić information content (AvgIpc) is 2.78. The predicted octanol–water partition coefficient (Wildman–Crippen LogP) is 1.93. The van der Waals surface area contributed by atoms with Crippen LogP contribution >= 0.6 is 11.6 Å². The van der Waals surface area contributed by atoms with Crippen molar-refractivity contribution in [1.29, 1.82) is 0 Å². The molecule has 108 valence electrons. The van der Waals surface area contributed by atoms with Crippen molar-refractivity contribution in [2.24, 2.45) is 0 Å². The van der Waals surface area contributed by atoms with Gasteiger partial charge in [-0.25, -0.2) is 13.4 Å². The smallest absolute Gasteiger partial charge is 0.270 e. The maximum Gasteiger partial charge on any atom is 0.270 e. The SMILES string of the molecule is O=C(NC1C=CS(=O)(=O)C1)c1cc(Cl)c2ccccc2n1. The molecule has 3 rings (SSSR count). The highest BCUT2D eigenvalue weighted by molar-refractivity contribution is 7.94. The first-order valence-corrected chi connectivity index (χ1v) is 8.31. The average molecular weight is 323 g/mol. The Labute approximate surface area is 126 Å². The minimum absolute atomic E-state index is 0.125. The van der Waals surface area contributed by atoms with Gasteiger partial charge in [-0.2, -0.15) is 0 Å². The molecule has 1 aromatic heterocycles. The van der Waals surface area contributed by atoms with Gasteiger partial charge in [0.05, 0.1) is 22.3 Å². The quantitative estimate of drug-likeness (QED) is 0.916. The summed E-state index contributed by atoms with van der Waals surface area (Å²) in [5, 5.41) is 4.92. The number of halogens is 1. The Kier molecular flexibility index (Phi) is 3.43. The Morgan fingerprint density at radius 1 is 1.33 bits per heavy atom. The topological polar surface area (TPSA) is 76.1 Å². The highest BCUT2D eigenvalue weighted by atomic mass is 35.5. The second-order valence-electron chi connectivity index (χ2n) is 4.74. The number of benzene rings is 1. The summed E-state index contributed by atoms with van der Waals surface area (Å²) in [6, 6.07) is 8.17. The van der Waals surface area contributed by atoms with Crippen molar-refractivity contribution < 1.29 is 13.2 Å². The fraction of sp³-hybridized carbons (Fsp3) is 0.143. The van der Waals surface area contributed by atoms with Gasteiger partial charge in [-0.3, -0.25) is 4.79 Å². The van der Waals surface area contributed by atoms with Crippen LogP contribution in [-0.4, -0.2) is 31.1 Å². The highest BCUT2D eigenvalue weighted by Crippen LogP contribution is 2.22. The van der Waals surface area contributed by atoms with E-state index < -0.39 is 21.8 Å². The number of hydrogen-bond donors (Lipinski definition) is 1. The van der Waals surface area contributed by atoms with Crippen LogP contribution in [0.25, 0.3) is 10.9 Å². The molecule has 1 aliphatic heterocycles. The fourth-order valence-corrected chi connectivity index (χ4v) is 3.66. The second-order valence-corrected chi connectivity index (χ2v) is 7.08. The molecule has 1 atom stereocenters. The molecular weight excluding hydrogens is 312 g/mol. The Morgan fingerprint density at radius 3 is 2.81 bits per heavy atom. The number of carbonyl (C=O) groups excluding carboxylic acids is 1. The molecule has 2 heterocycles. The molecular formula is C14H11ClN2O3S. The first kappa shape index (κ1) is 14.0. The van der Waals surface area contributed by atoms with Gasteiger partial charge in [0.25, 0.3) is 5.91 Å². The molecule has 1 unspecified atom stereocenters. The standard InChI is InChI=1S/C14H11ClN2O3S/c15-11-7-13(17-12-4-2-1-3-10(11)12)14(18)16-9-5-6-21(19,20)8-9/h1-7,9H,8H2,(H,16,18). The van der Waals surface area contributed by atoms with E-state index in [9.17, 15) is 13.2 Å². The van der Waals surface area contributed by atoms with Gasteiger partial charge in [0.1, 0.15) is 5.69 Å². The molecule has 0 radical (unpaired) electrons. The maximum absolute atomic E-state index is 12.1. The summed E-state index contributed by atoms with van der Waals surface area (Å²) in [7, 11) is -3.21. The summed E-state index contributed by atoms with van der Waals surface area (Å²) >= 11 is 6.14. The molecule has 0 aliphatic carbocycles. The van der Waals surface area contributed by atoms with E-state index in [0.29, 0.717) is 10.5 Å². The zero-order valence-electron chi connectivity index (χ0n) is 10.8. The van der Waals surface area contributed by atoms with Crippen molar-refractivity contribution in [2.45, 2.75) is 6.04 Å². The molecule has 0 spiro atoms. The number of fused-ring (bicyclic) bond motifs is 1. The molecule has 0 fully saturated rings. The van der Waals surface area contributed by atoms with Gasteiger partial charge in [-0.05, 0) is 18.2 Å².